The fourth-order valence-corrected chi connectivity index (χ4v) is 4.33. The lowest BCUT2D eigenvalue weighted by molar-refractivity contribution is -0.119. The summed E-state index contributed by atoms with van der Waals surface area (Å²) in [7, 11) is -3.62. The van der Waals surface area contributed by atoms with Gasteiger partial charge in [-0.3, -0.25) is 4.79 Å². The second-order valence-electron chi connectivity index (χ2n) is 5.86. The van der Waals surface area contributed by atoms with Crippen LogP contribution in [0.1, 0.15) is 19.8 Å². The highest BCUT2D eigenvalue weighted by molar-refractivity contribution is 7.89. The number of para-hydroxylation sites is 1. The van der Waals surface area contributed by atoms with Gasteiger partial charge in [-0.25, -0.2) is 13.1 Å². The van der Waals surface area contributed by atoms with Crippen molar-refractivity contribution in [2.75, 3.05) is 13.1 Å². The number of carbonyl (C=O) groups excluding carboxylic acids is 1. The van der Waals surface area contributed by atoms with Crippen molar-refractivity contribution in [2.45, 2.75) is 30.7 Å². The number of nitrogens with one attached hydrogen (secondary N) is 1. The number of sulfonamides is 1. The summed E-state index contributed by atoms with van der Waals surface area (Å²) in [6, 6.07) is 9.20. The highest BCUT2D eigenvalue weighted by Crippen LogP contribution is 2.21. The van der Waals surface area contributed by atoms with E-state index in [1.54, 1.807) is 4.68 Å². The van der Waals surface area contributed by atoms with E-state index in [0.717, 1.165) is 18.5 Å². The zero-order valence-corrected chi connectivity index (χ0v) is 14.2. The highest BCUT2D eigenvalue weighted by Gasteiger charge is 2.31. The van der Waals surface area contributed by atoms with Gasteiger partial charge in [0.1, 0.15) is 4.90 Å². The van der Waals surface area contributed by atoms with E-state index in [-0.39, 0.29) is 16.8 Å². The summed E-state index contributed by atoms with van der Waals surface area (Å²) in [5.41, 5.74) is 0.800. The number of hydrogen-bond acceptors (Lipinski definition) is 4. The van der Waals surface area contributed by atoms with E-state index < -0.39 is 10.0 Å². The molecule has 1 saturated heterocycles. The van der Waals surface area contributed by atoms with Crippen molar-refractivity contribution < 1.29 is 13.2 Å². The molecule has 1 atom stereocenters. The Morgan fingerprint density at radius 2 is 2.04 bits per heavy atom. The molecule has 1 fully saturated rings. The molecule has 1 aliphatic heterocycles. The Kier molecular flexibility index (Phi) is 4.68. The van der Waals surface area contributed by atoms with Gasteiger partial charge in [-0.05, 0) is 25.0 Å². The first-order valence-corrected chi connectivity index (χ1v) is 9.28. The van der Waals surface area contributed by atoms with Gasteiger partial charge in [0.15, 0.2) is 0 Å². The van der Waals surface area contributed by atoms with Crippen molar-refractivity contribution in [3.05, 3.63) is 42.7 Å². The summed E-state index contributed by atoms with van der Waals surface area (Å²) in [6.45, 7) is 2.19. The van der Waals surface area contributed by atoms with Gasteiger partial charge in [0, 0.05) is 26.1 Å². The molecule has 2 aromatic rings. The van der Waals surface area contributed by atoms with Crippen molar-refractivity contribution in [2.24, 2.45) is 0 Å². The third kappa shape index (κ3) is 3.49. The van der Waals surface area contributed by atoms with E-state index in [1.165, 1.54) is 23.6 Å². The molecule has 8 heteroatoms. The maximum absolute atomic E-state index is 12.8. The maximum atomic E-state index is 12.8. The maximum Gasteiger partial charge on any atom is 0.246 e. The molecule has 0 radical (unpaired) electrons. The number of rotatable bonds is 4. The van der Waals surface area contributed by atoms with Crippen LogP contribution in [-0.4, -0.2) is 47.5 Å². The average Bonchev–Trinajstić information content (AvgIpc) is 3.06. The topological polar surface area (TPSA) is 84.3 Å². The van der Waals surface area contributed by atoms with Gasteiger partial charge >= 0.3 is 0 Å². The van der Waals surface area contributed by atoms with Crippen LogP contribution in [0.5, 0.6) is 0 Å². The second kappa shape index (κ2) is 6.74. The van der Waals surface area contributed by atoms with Gasteiger partial charge in [0.05, 0.1) is 18.1 Å². The Hall–Kier alpha value is -2.19. The molecule has 24 heavy (non-hydrogen) atoms. The van der Waals surface area contributed by atoms with Crippen LogP contribution in [0.4, 0.5) is 0 Å². The van der Waals surface area contributed by atoms with Gasteiger partial charge < -0.3 is 5.32 Å². The quantitative estimate of drug-likeness (QED) is 0.899. The van der Waals surface area contributed by atoms with Crippen molar-refractivity contribution >= 4 is 15.9 Å². The summed E-state index contributed by atoms with van der Waals surface area (Å²) in [6.07, 6.45) is 4.39. The zero-order valence-electron chi connectivity index (χ0n) is 13.4. The van der Waals surface area contributed by atoms with Crippen molar-refractivity contribution in [1.82, 2.24) is 19.4 Å². The molecule has 128 valence electrons. The minimum absolute atomic E-state index is 0.142. The van der Waals surface area contributed by atoms with E-state index in [9.17, 15) is 13.2 Å². The van der Waals surface area contributed by atoms with Gasteiger partial charge in [-0.1, -0.05) is 18.2 Å². The summed E-state index contributed by atoms with van der Waals surface area (Å²) < 4.78 is 28.6. The Labute approximate surface area is 141 Å². The lowest BCUT2D eigenvalue weighted by Crippen LogP contribution is -2.49. The molecule has 2 heterocycles. The fourth-order valence-electron chi connectivity index (χ4n) is 2.88. The standard InChI is InChI=1S/C16H20N4O3S/c1-13(21)18-14-6-5-9-19(11-14)24(22,23)16-10-17-20(12-16)15-7-3-2-4-8-15/h2-4,7-8,10,12,14H,5-6,9,11H2,1H3,(H,18,21)/t14-/m0/s1. The van der Waals surface area contributed by atoms with E-state index in [0.29, 0.717) is 13.1 Å². The van der Waals surface area contributed by atoms with Crippen LogP contribution in [0.3, 0.4) is 0 Å². The van der Waals surface area contributed by atoms with Crippen LogP contribution in [-0.2, 0) is 14.8 Å². The van der Waals surface area contributed by atoms with Crippen LogP contribution in [0.25, 0.3) is 5.69 Å². The molecule has 1 aliphatic rings. The predicted molar refractivity (Wildman–Crippen MR) is 89.2 cm³/mol. The van der Waals surface area contributed by atoms with Crippen molar-refractivity contribution in [1.29, 1.82) is 0 Å². The molecule has 0 spiro atoms. The first kappa shape index (κ1) is 16.7. The minimum atomic E-state index is -3.62. The summed E-state index contributed by atoms with van der Waals surface area (Å²) in [4.78, 5) is 11.4. The molecule has 0 aliphatic carbocycles. The Bertz CT molecular complexity index is 817. The minimum Gasteiger partial charge on any atom is -0.352 e. The van der Waals surface area contributed by atoms with E-state index >= 15 is 0 Å². The van der Waals surface area contributed by atoms with Crippen LogP contribution in [0.2, 0.25) is 0 Å². The molecule has 7 nitrogen and oxygen atoms in total. The van der Waals surface area contributed by atoms with E-state index in [1.807, 2.05) is 30.3 Å². The monoisotopic (exact) mass is 348 g/mol. The van der Waals surface area contributed by atoms with Gasteiger partial charge in [0.2, 0.25) is 15.9 Å². The molecule has 0 saturated carbocycles. The molecular weight excluding hydrogens is 328 g/mol. The summed E-state index contributed by atoms with van der Waals surface area (Å²) in [5.74, 6) is -0.142. The Balaban J connectivity index is 1.80. The SMILES string of the molecule is CC(=O)N[C@H]1CCCN(S(=O)(=O)c2cnn(-c3ccccc3)c2)C1. The normalized spacial score (nSPS) is 19.1. The molecule has 1 aromatic heterocycles. The van der Waals surface area contributed by atoms with E-state index in [4.69, 9.17) is 0 Å². The Morgan fingerprint density at radius 1 is 1.29 bits per heavy atom. The molecule has 1 amide bonds. The van der Waals surface area contributed by atoms with Crippen LogP contribution >= 0.6 is 0 Å². The largest absolute Gasteiger partial charge is 0.352 e. The van der Waals surface area contributed by atoms with Gasteiger partial charge in [-0.15, -0.1) is 0 Å². The summed E-state index contributed by atoms with van der Waals surface area (Å²) >= 11 is 0. The number of amides is 1. The molecule has 0 bridgehead atoms. The van der Waals surface area contributed by atoms with Crippen molar-refractivity contribution in [3.63, 3.8) is 0 Å². The smallest absolute Gasteiger partial charge is 0.246 e. The van der Waals surface area contributed by atoms with Crippen LogP contribution < -0.4 is 5.32 Å². The first-order valence-electron chi connectivity index (χ1n) is 7.84. The van der Waals surface area contributed by atoms with Gasteiger partial charge in [-0.2, -0.15) is 9.40 Å². The highest BCUT2D eigenvalue weighted by atomic mass is 32.2. The third-order valence-electron chi connectivity index (χ3n) is 4.01. The predicted octanol–water partition coefficient (Wildman–Crippen LogP) is 1.16. The van der Waals surface area contributed by atoms with Gasteiger partial charge in [0.25, 0.3) is 0 Å². The molecular formula is C16H20N4O3S. The fraction of sp³-hybridized carbons (Fsp3) is 0.375. The Morgan fingerprint density at radius 3 is 2.75 bits per heavy atom. The second-order valence-corrected chi connectivity index (χ2v) is 7.80. The van der Waals surface area contributed by atoms with E-state index in [2.05, 4.69) is 10.4 Å². The third-order valence-corrected chi connectivity index (χ3v) is 5.83. The van der Waals surface area contributed by atoms with Crippen LogP contribution in [0, 0.1) is 0 Å². The number of aromatic nitrogens is 2. The summed E-state index contributed by atoms with van der Waals surface area (Å²) in [5, 5.41) is 6.96. The number of benzene rings is 1. The number of nitrogens with zero attached hydrogens (tertiary/aromatic N) is 3. The number of piperidine rings is 1. The molecule has 1 aromatic carbocycles. The molecule has 3 rings (SSSR count). The number of carbonyl (C=O) groups is 1. The lowest BCUT2D eigenvalue weighted by atomic mass is 10.1. The molecule has 0 unspecified atom stereocenters. The lowest BCUT2D eigenvalue weighted by Gasteiger charge is -2.31. The molecule has 1 N–H and O–H groups in total. The number of hydrogen-bond donors (Lipinski definition) is 1. The average molecular weight is 348 g/mol. The van der Waals surface area contributed by atoms with Crippen LogP contribution in [0.15, 0.2) is 47.6 Å². The van der Waals surface area contributed by atoms with Crippen molar-refractivity contribution in [3.8, 4) is 5.69 Å². The first-order chi connectivity index (χ1) is 11.5. The zero-order chi connectivity index (χ0) is 17.2.